The summed E-state index contributed by atoms with van der Waals surface area (Å²) in [5.41, 5.74) is 3.64. The zero-order chi connectivity index (χ0) is 18.8. The average molecular weight is 383 g/mol. The minimum Gasteiger partial charge on any atom is -0.486 e. The summed E-state index contributed by atoms with van der Waals surface area (Å²) in [7, 11) is 0. The van der Waals surface area contributed by atoms with Crippen LogP contribution in [0.1, 0.15) is 11.3 Å². The Kier molecular flexibility index (Phi) is 4.73. The van der Waals surface area contributed by atoms with E-state index in [1.54, 1.807) is 0 Å². The quantitative estimate of drug-likeness (QED) is 0.661. The third-order valence-corrected chi connectivity index (χ3v) is 4.35. The molecule has 1 aliphatic heterocycles. The van der Waals surface area contributed by atoms with Crippen molar-refractivity contribution in [3.05, 3.63) is 58.7 Å². The number of anilines is 4. The number of nitrogens with one attached hydrogen (secondary N) is 2. The number of fused-ring (bicyclic) bond motifs is 1. The summed E-state index contributed by atoms with van der Waals surface area (Å²) in [4.78, 5) is 9.02. The highest BCUT2D eigenvalue weighted by molar-refractivity contribution is 6.30. The van der Waals surface area contributed by atoms with Crippen molar-refractivity contribution in [2.24, 2.45) is 0 Å². The lowest BCUT2D eigenvalue weighted by atomic mass is 10.2. The maximum Gasteiger partial charge on any atom is 0.229 e. The minimum atomic E-state index is 0.500. The number of hydrogen-bond acceptors (Lipinski definition) is 6. The van der Waals surface area contributed by atoms with Gasteiger partial charge >= 0.3 is 0 Å². The molecule has 0 amide bonds. The van der Waals surface area contributed by atoms with Gasteiger partial charge in [-0.05, 0) is 43.7 Å². The molecule has 0 unspecified atom stereocenters. The molecular weight excluding hydrogens is 364 g/mol. The molecule has 0 atom stereocenters. The number of rotatable bonds is 4. The number of nitrogens with zero attached hydrogens (tertiary/aromatic N) is 2. The lowest BCUT2D eigenvalue weighted by molar-refractivity contribution is 0.171. The van der Waals surface area contributed by atoms with Gasteiger partial charge in [0.05, 0.1) is 0 Å². The second-order valence-corrected chi connectivity index (χ2v) is 6.72. The standard InChI is InChI=1S/C20H19ClN4O2/c1-12-3-4-14(21)10-16(12)24-20-22-13(2)9-19(25-20)23-15-5-6-17-18(11-15)27-8-7-26-17/h3-6,9-11H,7-8H2,1-2H3,(H2,22,23,24,25). The van der Waals surface area contributed by atoms with Crippen LogP contribution in [0, 0.1) is 13.8 Å². The molecule has 0 aliphatic carbocycles. The van der Waals surface area contributed by atoms with E-state index in [1.165, 1.54) is 0 Å². The normalized spacial score (nSPS) is 12.6. The van der Waals surface area contributed by atoms with E-state index >= 15 is 0 Å². The van der Waals surface area contributed by atoms with E-state index in [-0.39, 0.29) is 0 Å². The monoisotopic (exact) mass is 382 g/mol. The zero-order valence-electron chi connectivity index (χ0n) is 15.0. The van der Waals surface area contributed by atoms with Gasteiger partial charge in [-0.2, -0.15) is 4.98 Å². The molecule has 0 bridgehead atoms. The van der Waals surface area contributed by atoms with E-state index in [9.17, 15) is 0 Å². The fraction of sp³-hybridized carbons (Fsp3) is 0.200. The lowest BCUT2D eigenvalue weighted by Crippen LogP contribution is -2.15. The Hall–Kier alpha value is -2.99. The molecule has 4 rings (SSSR count). The van der Waals surface area contributed by atoms with Crippen LogP contribution in [-0.4, -0.2) is 23.2 Å². The molecule has 138 valence electrons. The van der Waals surface area contributed by atoms with Crippen LogP contribution in [0.3, 0.4) is 0 Å². The number of benzene rings is 2. The highest BCUT2D eigenvalue weighted by Gasteiger charge is 2.12. The van der Waals surface area contributed by atoms with Gasteiger partial charge in [0.1, 0.15) is 19.0 Å². The Morgan fingerprint density at radius 3 is 2.56 bits per heavy atom. The van der Waals surface area contributed by atoms with Gasteiger partial charge in [0.25, 0.3) is 0 Å². The second kappa shape index (κ2) is 7.32. The summed E-state index contributed by atoms with van der Waals surface area (Å²) in [6.07, 6.45) is 0. The fourth-order valence-electron chi connectivity index (χ4n) is 2.81. The topological polar surface area (TPSA) is 68.3 Å². The lowest BCUT2D eigenvalue weighted by Gasteiger charge is -2.19. The second-order valence-electron chi connectivity index (χ2n) is 6.29. The number of ether oxygens (including phenoxy) is 2. The summed E-state index contributed by atoms with van der Waals surface area (Å²) in [6, 6.07) is 13.3. The molecule has 3 aromatic rings. The number of aryl methyl sites for hydroxylation is 2. The predicted octanol–water partition coefficient (Wildman–Crippen LogP) is 5.01. The Bertz CT molecular complexity index is 994. The summed E-state index contributed by atoms with van der Waals surface area (Å²) in [6.45, 7) is 5.05. The van der Waals surface area contributed by atoms with Crippen molar-refractivity contribution in [2.75, 3.05) is 23.8 Å². The van der Waals surface area contributed by atoms with Crippen LogP contribution in [0.2, 0.25) is 5.02 Å². The van der Waals surface area contributed by atoms with Crippen LogP contribution in [0.25, 0.3) is 0 Å². The molecule has 2 N–H and O–H groups in total. The van der Waals surface area contributed by atoms with Crippen LogP contribution in [-0.2, 0) is 0 Å². The van der Waals surface area contributed by atoms with Gasteiger partial charge in [0.2, 0.25) is 5.95 Å². The van der Waals surface area contributed by atoms with Crippen molar-refractivity contribution in [1.29, 1.82) is 0 Å². The maximum absolute atomic E-state index is 6.10. The highest BCUT2D eigenvalue weighted by atomic mass is 35.5. The molecule has 1 aromatic heterocycles. The van der Waals surface area contributed by atoms with Crippen LogP contribution in [0.5, 0.6) is 11.5 Å². The van der Waals surface area contributed by atoms with Gasteiger partial charge in [0.15, 0.2) is 11.5 Å². The number of hydrogen-bond donors (Lipinski definition) is 2. The van der Waals surface area contributed by atoms with Crippen molar-refractivity contribution in [1.82, 2.24) is 9.97 Å². The first-order valence-electron chi connectivity index (χ1n) is 8.62. The van der Waals surface area contributed by atoms with Crippen molar-refractivity contribution < 1.29 is 9.47 Å². The first-order chi connectivity index (χ1) is 13.1. The van der Waals surface area contributed by atoms with Gasteiger partial charge < -0.3 is 20.1 Å². The molecule has 0 spiro atoms. The molecule has 0 fully saturated rings. The van der Waals surface area contributed by atoms with E-state index in [4.69, 9.17) is 21.1 Å². The number of aromatic nitrogens is 2. The zero-order valence-corrected chi connectivity index (χ0v) is 15.8. The predicted molar refractivity (Wildman–Crippen MR) is 107 cm³/mol. The molecule has 6 nitrogen and oxygen atoms in total. The Balaban J connectivity index is 1.58. The van der Waals surface area contributed by atoms with Crippen LogP contribution >= 0.6 is 11.6 Å². The fourth-order valence-corrected chi connectivity index (χ4v) is 2.98. The first kappa shape index (κ1) is 17.4. The Labute approximate surface area is 162 Å². The summed E-state index contributed by atoms with van der Waals surface area (Å²) < 4.78 is 11.2. The van der Waals surface area contributed by atoms with E-state index in [1.807, 2.05) is 56.3 Å². The van der Waals surface area contributed by atoms with E-state index in [2.05, 4.69) is 20.6 Å². The SMILES string of the molecule is Cc1cc(Nc2ccc3c(c2)OCCO3)nc(Nc2cc(Cl)ccc2C)n1. The third kappa shape index (κ3) is 4.06. The van der Waals surface area contributed by atoms with Crippen LogP contribution < -0.4 is 20.1 Å². The van der Waals surface area contributed by atoms with Crippen LogP contribution in [0.15, 0.2) is 42.5 Å². The van der Waals surface area contributed by atoms with Crippen molar-refractivity contribution in [3.8, 4) is 11.5 Å². The average Bonchev–Trinajstić information content (AvgIpc) is 2.64. The van der Waals surface area contributed by atoms with E-state index in [0.29, 0.717) is 30.0 Å². The molecule has 27 heavy (non-hydrogen) atoms. The summed E-state index contributed by atoms with van der Waals surface area (Å²) in [5, 5.41) is 7.19. The Morgan fingerprint density at radius 1 is 0.889 bits per heavy atom. The van der Waals surface area contributed by atoms with Crippen LogP contribution in [0.4, 0.5) is 23.1 Å². The molecule has 2 heterocycles. The van der Waals surface area contributed by atoms with Gasteiger partial charge in [-0.15, -0.1) is 0 Å². The molecule has 2 aromatic carbocycles. The van der Waals surface area contributed by atoms with Gasteiger partial charge in [-0.1, -0.05) is 17.7 Å². The smallest absolute Gasteiger partial charge is 0.229 e. The molecule has 0 saturated heterocycles. The van der Waals surface area contributed by atoms with Gasteiger partial charge in [-0.3, -0.25) is 0 Å². The third-order valence-electron chi connectivity index (χ3n) is 4.11. The first-order valence-corrected chi connectivity index (χ1v) is 9.00. The maximum atomic E-state index is 6.10. The van der Waals surface area contributed by atoms with E-state index < -0.39 is 0 Å². The largest absolute Gasteiger partial charge is 0.486 e. The molecule has 7 heteroatoms. The highest BCUT2D eigenvalue weighted by Crippen LogP contribution is 2.33. The van der Waals surface area contributed by atoms with Crippen molar-refractivity contribution in [2.45, 2.75) is 13.8 Å². The summed E-state index contributed by atoms with van der Waals surface area (Å²) in [5.74, 6) is 2.66. The molecule has 0 radical (unpaired) electrons. The van der Waals surface area contributed by atoms with Crippen molar-refractivity contribution >= 4 is 34.7 Å². The van der Waals surface area contributed by atoms with Gasteiger partial charge in [-0.25, -0.2) is 4.98 Å². The number of halogens is 1. The molecule has 1 aliphatic rings. The molecule has 0 saturated carbocycles. The minimum absolute atomic E-state index is 0.500. The Morgan fingerprint density at radius 2 is 1.70 bits per heavy atom. The van der Waals surface area contributed by atoms with E-state index in [0.717, 1.165) is 34.1 Å². The van der Waals surface area contributed by atoms with Gasteiger partial charge in [0, 0.05) is 34.2 Å². The van der Waals surface area contributed by atoms with Crippen molar-refractivity contribution in [3.63, 3.8) is 0 Å². The molecular formula is C20H19ClN4O2. The summed E-state index contributed by atoms with van der Waals surface area (Å²) >= 11 is 6.10.